The Morgan fingerprint density at radius 2 is 2.05 bits per heavy atom. The second kappa shape index (κ2) is 6.06. The molecule has 1 heterocycles. The Kier molecular flexibility index (Phi) is 4.15. The molecule has 1 fully saturated rings. The van der Waals surface area contributed by atoms with E-state index in [4.69, 9.17) is 11.6 Å². The molecule has 1 aliphatic rings. The van der Waals surface area contributed by atoms with E-state index < -0.39 is 0 Å². The molecular formula is C16H19ClFN3. The van der Waals surface area contributed by atoms with E-state index in [-0.39, 0.29) is 5.82 Å². The molecule has 0 spiro atoms. The highest BCUT2D eigenvalue weighted by Gasteiger charge is 2.20. The number of halogens is 2. The molecule has 0 atom stereocenters. The summed E-state index contributed by atoms with van der Waals surface area (Å²) in [6.07, 6.45) is 8.10. The third kappa shape index (κ3) is 3.05. The van der Waals surface area contributed by atoms with Gasteiger partial charge in [-0.1, -0.05) is 36.9 Å². The van der Waals surface area contributed by atoms with E-state index in [1.54, 1.807) is 12.1 Å². The molecule has 112 valence electrons. The third-order valence-electron chi connectivity index (χ3n) is 4.02. The van der Waals surface area contributed by atoms with E-state index in [9.17, 15) is 4.39 Å². The van der Waals surface area contributed by atoms with Crippen molar-refractivity contribution in [1.29, 1.82) is 0 Å². The Hall–Kier alpha value is -1.55. The Balaban J connectivity index is 1.92. The maximum absolute atomic E-state index is 13.9. The Morgan fingerprint density at radius 3 is 2.76 bits per heavy atom. The Labute approximate surface area is 129 Å². The average Bonchev–Trinajstić information content (AvgIpc) is 2.85. The first-order chi connectivity index (χ1) is 10.1. The lowest BCUT2D eigenvalue weighted by Crippen LogP contribution is -2.14. The van der Waals surface area contributed by atoms with Crippen molar-refractivity contribution in [2.75, 3.05) is 5.32 Å². The molecular weight excluding hydrogens is 289 g/mol. The third-order valence-corrected chi connectivity index (χ3v) is 4.34. The summed E-state index contributed by atoms with van der Waals surface area (Å²) in [6.45, 7) is 1.95. The zero-order chi connectivity index (χ0) is 14.8. The smallest absolute Gasteiger partial charge is 0.207 e. The Morgan fingerprint density at radius 1 is 1.29 bits per heavy atom. The lowest BCUT2D eigenvalue weighted by Gasteiger charge is -2.25. The number of hydrogen-bond acceptors (Lipinski definition) is 2. The molecule has 1 saturated carbocycles. The van der Waals surface area contributed by atoms with E-state index in [0.717, 1.165) is 18.5 Å². The molecule has 1 aromatic heterocycles. The number of para-hydroxylation sites is 1. The highest BCUT2D eigenvalue weighted by atomic mass is 35.5. The number of anilines is 2. The van der Waals surface area contributed by atoms with Crippen LogP contribution in [-0.4, -0.2) is 9.55 Å². The van der Waals surface area contributed by atoms with Gasteiger partial charge in [0.2, 0.25) is 5.95 Å². The molecule has 0 aliphatic heterocycles. The molecule has 0 amide bonds. The monoisotopic (exact) mass is 307 g/mol. The molecule has 1 aliphatic carbocycles. The number of aryl methyl sites for hydroxylation is 1. The second-order valence-electron chi connectivity index (χ2n) is 5.63. The molecule has 21 heavy (non-hydrogen) atoms. The minimum atomic E-state index is -0.363. The van der Waals surface area contributed by atoms with Crippen molar-refractivity contribution in [3.63, 3.8) is 0 Å². The molecule has 3 rings (SSSR count). The standard InChI is InChI=1S/C16H19ClFN3/c1-11-10-21(12-6-3-2-4-7-12)16(19-11)20-15-13(17)8-5-9-14(15)18/h5,8-10,12H,2-4,6-7H2,1H3,(H,19,20). The minimum Gasteiger partial charge on any atom is -0.322 e. The molecule has 3 nitrogen and oxygen atoms in total. The SMILES string of the molecule is Cc1cn(C2CCCCC2)c(Nc2c(F)cccc2Cl)n1. The quantitative estimate of drug-likeness (QED) is 0.841. The van der Waals surface area contributed by atoms with Crippen molar-refractivity contribution in [1.82, 2.24) is 9.55 Å². The van der Waals surface area contributed by atoms with Gasteiger partial charge in [-0.2, -0.15) is 0 Å². The summed E-state index contributed by atoms with van der Waals surface area (Å²) < 4.78 is 16.1. The van der Waals surface area contributed by atoms with Crippen molar-refractivity contribution >= 4 is 23.2 Å². The van der Waals surface area contributed by atoms with Crippen LogP contribution in [0.4, 0.5) is 16.0 Å². The van der Waals surface area contributed by atoms with Crippen LogP contribution in [0, 0.1) is 12.7 Å². The number of hydrogen-bond donors (Lipinski definition) is 1. The predicted octanol–water partition coefficient (Wildman–Crippen LogP) is 5.23. The number of benzene rings is 1. The largest absolute Gasteiger partial charge is 0.322 e. The fourth-order valence-electron chi connectivity index (χ4n) is 2.98. The molecule has 0 saturated heterocycles. The van der Waals surface area contributed by atoms with Crippen molar-refractivity contribution in [3.05, 3.63) is 40.9 Å². The van der Waals surface area contributed by atoms with Crippen LogP contribution in [0.2, 0.25) is 5.02 Å². The van der Waals surface area contributed by atoms with Crippen LogP contribution in [0.15, 0.2) is 24.4 Å². The number of rotatable bonds is 3. The molecule has 0 radical (unpaired) electrons. The maximum Gasteiger partial charge on any atom is 0.207 e. The van der Waals surface area contributed by atoms with Gasteiger partial charge >= 0.3 is 0 Å². The van der Waals surface area contributed by atoms with Crippen LogP contribution >= 0.6 is 11.6 Å². The Bertz CT molecular complexity index is 612. The average molecular weight is 308 g/mol. The first-order valence-electron chi connectivity index (χ1n) is 7.41. The molecule has 2 aromatic rings. The summed E-state index contributed by atoms with van der Waals surface area (Å²) in [7, 11) is 0. The summed E-state index contributed by atoms with van der Waals surface area (Å²) in [6, 6.07) is 5.11. The van der Waals surface area contributed by atoms with E-state index in [1.165, 1.54) is 25.3 Å². The molecule has 0 bridgehead atoms. The van der Waals surface area contributed by atoms with Crippen molar-refractivity contribution < 1.29 is 4.39 Å². The van der Waals surface area contributed by atoms with E-state index in [2.05, 4.69) is 14.9 Å². The van der Waals surface area contributed by atoms with Gasteiger partial charge in [-0.25, -0.2) is 9.37 Å². The highest BCUT2D eigenvalue weighted by Crippen LogP contribution is 2.33. The van der Waals surface area contributed by atoms with Crippen LogP contribution in [-0.2, 0) is 0 Å². The van der Waals surface area contributed by atoms with Crippen LogP contribution in [0.3, 0.4) is 0 Å². The van der Waals surface area contributed by atoms with Crippen molar-refractivity contribution in [2.24, 2.45) is 0 Å². The molecule has 0 unspecified atom stereocenters. The summed E-state index contributed by atoms with van der Waals surface area (Å²) >= 11 is 6.08. The number of nitrogens with one attached hydrogen (secondary N) is 1. The first kappa shape index (κ1) is 14.4. The normalized spacial score (nSPS) is 16.1. The van der Waals surface area contributed by atoms with Gasteiger partial charge in [-0.05, 0) is 31.9 Å². The molecule has 1 N–H and O–H groups in total. The zero-order valence-electron chi connectivity index (χ0n) is 12.1. The fraction of sp³-hybridized carbons (Fsp3) is 0.438. The van der Waals surface area contributed by atoms with Crippen LogP contribution in [0.25, 0.3) is 0 Å². The lowest BCUT2D eigenvalue weighted by molar-refractivity contribution is 0.356. The zero-order valence-corrected chi connectivity index (χ0v) is 12.8. The van der Waals surface area contributed by atoms with E-state index in [0.29, 0.717) is 22.7 Å². The number of nitrogens with zero attached hydrogens (tertiary/aromatic N) is 2. The van der Waals surface area contributed by atoms with Crippen LogP contribution < -0.4 is 5.32 Å². The van der Waals surface area contributed by atoms with Crippen LogP contribution in [0.1, 0.15) is 43.8 Å². The summed E-state index contributed by atoms with van der Waals surface area (Å²) in [5, 5.41) is 3.44. The van der Waals surface area contributed by atoms with Gasteiger partial charge in [0.15, 0.2) is 0 Å². The maximum atomic E-state index is 13.9. The number of imidazole rings is 1. The topological polar surface area (TPSA) is 29.9 Å². The molecule has 5 heteroatoms. The van der Waals surface area contributed by atoms with Gasteiger partial charge in [0.25, 0.3) is 0 Å². The number of aromatic nitrogens is 2. The lowest BCUT2D eigenvalue weighted by atomic mass is 9.95. The summed E-state index contributed by atoms with van der Waals surface area (Å²) in [5.41, 5.74) is 1.22. The van der Waals surface area contributed by atoms with Crippen molar-refractivity contribution in [3.8, 4) is 0 Å². The van der Waals surface area contributed by atoms with E-state index in [1.807, 2.05) is 13.1 Å². The predicted molar refractivity (Wildman–Crippen MR) is 83.8 cm³/mol. The van der Waals surface area contributed by atoms with Crippen molar-refractivity contribution in [2.45, 2.75) is 45.1 Å². The van der Waals surface area contributed by atoms with Gasteiger partial charge in [-0.15, -0.1) is 0 Å². The minimum absolute atomic E-state index is 0.293. The molecule has 1 aromatic carbocycles. The summed E-state index contributed by atoms with van der Waals surface area (Å²) in [4.78, 5) is 4.49. The van der Waals surface area contributed by atoms with Gasteiger partial charge in [-0.3, -0.25) is 0 Å². The van der Waals surface area contributed by atoms with Gasteiger partial charge in [0.05, 0.1) is 16.4 Å². The fourth-order valence-corrected chi connectivity index (χ4v) is 3.19. The van der Waals surface area contributed by atoms with Crippen LogP contribution in [0.5, 0.6) is 0 Å². The first-order valence-corrected chi connectivity index (χ1v) is 7.79. The second-order valence-corrected chi connectivity index (χ2v) is 6.03. The highest BCUT2D eigenvalue weighted by molar-refractivity contribution is 6.33. The summed E-state index contributed by atoms with van der Waals surface area (Å²) in [5.74, 6) is 0.310. The van der Waals surface area contributed by atoms with Gasteiger partial charge in [0, 0.05) is 12.2 Å². The van der Waals surface area contributed by atoms with Gasteiger partial charge in [0.1, 0.15) is 5.82 Å². The van der Waals surface area contributed by atoms with Gasteiger partial charge < -0.3 is 9.88 Å². The van der Waals surface area contributed by atoms with E-state index >= 15 is 0 Å².